The van der Waals surface area contributed by atoms with E-state index in [0.29, 0.717) is 18.5 Å². The molecule has 0 aliphatic carbocycles. The van der Waals surface area contributed by atoms with Crippen LogP contribution in [0.5, 0.6) is 5.75 Å². The minimum atomic E-state index is -4.45. The molecule has 0 unspecified atom stereocenters. The molecule has 158 valence electrons. The van der Waals surface area contributed by atoms with Crippen LogP contribution in [0.3, 0.4) is 0 Å². The van der Waals surface area contributed by atoms with Crippen LogP contribution >= 0.6 is 0 Å². The third-order valence-electron chi connectivity index (χ3n) is 5.15. The smallest absolute Gasteiger partial charge is 0.418 e. The quantitative estimate of drug-likeness (QED) is 0.401. The average Bonchev–Trinajstić information content (AvgIpc) is 2.78. The number of nitrogens with one attached hydrogen (secondary N) is 1. The van der Waals surface area contributed by atoms with Gasteiger partial charge in [-0.15, -0.1) is 0 Å². The summed E-state index contributed by atoms with van der Waals surface area (Å²) in [6, 6.07) is 21.5. The highest BCUT2D eigenvalue weighted by Crippen LogP contribution is 2.37. The van der Waals surface area contributed by atoms with Gasteiger partial charge >= 0.3 is 6.18 Å². The Morgan fingerprint density at radius 1 is 0.903 bits per heavy atom. The van der Waals surface area contributed by atoms with E-state index in [1.54, 1.807) is 19.2 Å². The lowest BCUT2D eigenvalue weighted by atomic mass is 9.98. The molecule has 0 aliphatic heterocycles. The van der Waals surface area contributed by atoms with Crippen LogP contribution in [0, 0.1) is 0 Å². The van der Waals surface area contributed by atoms with Crippen molar-refractivity contribution >= 4 is 10.9 Å². The summed E-state index contributed by atoms with van der Waals surface area (Å²) in [4.78, 5) is 4.01. The van der Waals surface area contributed by atoms with E-state index in [-0.39, 0.29) is 5.52 Å². The second-order valence-electron chi connectivity index (χ2n) is 7.17. The number of alkyl halides is 3. The van der Waals surface area contributed by atoms with Gasteiger partial charge in [0.05, 0.1) is 18.2 Å². The Morgan fingerprint density at radius 2 is 1.71 bits per heavy atom. The van der Waals surface area contributed by atoms with Crippen molar-refractivity contribution in [3.05, 3.63) is 95.7 Å². The number of ether oxygens (including phenoxy) is 1. The lowest BCUT2D eigenvalue weighted by Crippen LogP contribution is -2.13. The molecule has 3 nitrogen and oxygen atoms in total. The van der Waals surface area contributed by atoms with Crippen molar-refractivity contribution in [1.82, 2.24) is 10.3 Å². The summed E-state index contributed by atoms with van der Waals surface area (Å²) in [5, 5.41) is 3.88. The molecule has 4 aromatic rings. The highest BCUT2D eigenvalue weighted by Gasteiger charge is 2.33. The molecule has 31 heavy (non-hydrogen) atoms. The fourth-order valence-corrected chi connectivity index (χ4v) is 3.70. The number of hydrogen-bond acceptors (Lipinski definition) is 3. The second kappa shape index (κ2) is 8.78. The Kier molecular flexibility index (Phi) is 5.91. The van der Waals surface area contributed by atoms with E-state index in [4.69, 9.17) is 4.74 Å². The predicted octanol–water partition coefficient (Wildman–Crippen LogP) is 6.22. The van der Waals surface area contributed by atoms with Gasteiger partial charge < -0.3 is 10.1 Å². The van der Waals surface area contributed by atoms with Crippen LogP contribution in [0.25, 0.3) is 22.0 Å². The predicted molar refractivity (Wildman–Crippen MR) is 116 cm³/mol. The topological polar surface area (TPSA) is 34.1 Å². The summed E-state index contributed by atoms with van der Waals surface area (Å²) in [5.41, 5.74) is 2.91. The minimum absolute atomic E-state index is 0.0350. The van der Waals surface area contributed by atoms with Crippen LogP contribution in [0.15, 0.2) is 79.0 Å². The number of aromatic nitrogens is 1. The Morgan fingerprint density at radius 3 is 2.52 bits per heavy atom. The monoisotopic (exact) mass is 422 g/mol. The summed E-state index contributed by atoms with van der Waals surface area (Å²) in [6.07, 6.45) is -3.02. The molecular weight excluding hydrogens is 401 g/mol. The molecule has 1 aromatic heterocycles. The first-order chi connectivity index (χ1) is 15.0. The second-order valence-corrected chi connectivity index (χ2v) is 7.17. The molecule has 0 aliphatic rings. The summed E-state index contributed by atoms with van der Waals surface area (Å²) in [5.74, 6) is 0.826. The van der Waals surface area contributed by atoms with E-state index in [1.165, 1.54) is 12.3 Å². The van der Waals surface area contributed by atoms with Crippen LogP contribution in [0.2, 0.25) is 0 Å². The number of pyridine rings is 1. The first-order valence-corrected chi connectivity index (χ1v) is 9.84. The zero-order valence-electron chi connectivity index (χ0n) is 16.9. The Hall–Kier alpha value is -3.38. The molecule has 0 bridgehead atoms. The number of hydrogen-bond donors (Lipinski definition) is 1. The normalized spacial score (nSPS) is 11.6. The van der Waals surface area contributed by atoms with Gasteiger partial charge in [0.2, 0.25) is 0 Å². The van der Waals surface area contributed by atoms with Gasteiger partial charge in [-0.05, 0) is 41.0 Å². The molecule has 1 heterocycles. The number of fused-ring (bicyclic) bond motifs is 1. The molecule has 0 amide bonds. The van der Waals surface area contributed by atoms with Crippen molar-refractivity contribution in [2.75, 3.05) is 7.11 Å². The van der Waals surface area contributed by atoms with Crippen LogP contribution in [-0.2, 0) is 19.3 Å². The first kappa shape index (κ1) is 20.9. The fraction of sp³-hybridized carbons (Fsp3) is 0.160. The molecular formula is C25H21F3N2O. The van der Waals surface area contributed by atoms with Gasteiger partial charge in [0.25, 0.3) is 0 Å². The number of para-hydroxylation sites is 2. The molecule has 0 spiro atoms. The summed E-state index contributed by atoms with van der Waals surface area (Å²) in [7, 11) is 1.64. The van der Waals surface area contributed by atoms with Crippen LogP contribution in [0.1, 0.15) is 16.7 Å². The number of halogens is 3. The van der Waals surface area contributed by atoms with Gasteiger partial charge in [-0.25, -0.2) is 0 Å². The maximum absolute atomic E-state index is 13.4. The molecule has 0 fully saturated rings. The Labute approximate surface area is 178 Å². The zero-order valence-corrected chi connectivity index (χ0v) is 16.9. The van der Waals surface area contributed by atoms with Gasteiger partial charge in [0.1, 0.15) is 5.75 Å². The molecule has 0 saturated carbocycles. The van der Waals surface area contributed by atoms with E-state index < -0.39 is 11.7 Å². The maximum atomic E-state index is 13.4. The lowest BCUT2D eigenvalue weighted by Gasteiger charge is -2.13. The standard InChI is InChI=1S/C25H21F3N2O/c1-31-23-11-3-2-7-19(23)16-29-15-17-6-4-8-18(14-17)20-12-13-30-24-21(20)9-5-10-22(24)25(26,27)28/h2-14,29H,15-16H2,1H3. The van der Waals surface area contributed by atoms with E-state index in [2.05, 4.69) is 10.3 Å². The Bertz CT molecular complexity index is 1200. The van der Waals surface area contributed by atoms with Crippen LogP contribution in [0.4, 0.5) is 13.2 Å². The highest BCUT2D eigenvalue weighted by atomic mass is 19.4. The minimum Gasteiger partial charge on any atom is -0.496 e. The molecule has 0 saturated heterocycles. The maximum Gasteiger partial charge on any atom is 0.418 e. The van der Waals surface area contributed by atoms with Crippen molar-refractivity contribution in [3.8, 4) is 16.9 Å². The van der Waals surface area contributed by atoms with Crippen LogP contribution in [-0.4, -0.2) is 12.1 Å². The number of benzene rings is 3. The summed E-state index contributed by atoms with van der Waals surface area (Å²) >= 11 is 0. The molecule has 0 atom stereocenters. The van der Waals surface area contributed by atoms with Crippen molar-refractivity contribution in [1.29, 1.82) is 0 Å². The van der Waals surface area contributed by atoms with Gasteiger partial charge in [0.15, 0.2) is 0 Å². The third kappa shape index (κ3) is 4.54. The first-order valence-electron chi connectivity index (χ1n) is 9.84. The molecule has 0 radical (unpaired) electrons. The van der Waals surface area contributed by atoms with Crippen LogP contribution < -0.4 is 10.1 Å². The van der Waals surface area contributed by atoms with Crippen molar-refractivity contribution < 1.29 is 17.9 Å². The molecule has 6 heteroatoms. The van der Waals surface area contributed by atoms with Crippen molar-refractivity contribution in [2.24, 2.45) is 0 Å². The van der Waals surface area contributed by atoms with Crippen molar-refractivity contribution in [2.45, 2.75) is 19.3 Å². The van der Waals surface area contributed by atoms with Gasteiger partial charge in [-0.3, -0.25) is 4.98 Å². The van der Waals surface area contributed by atoms with Gasteiger partial charge in [0, 0.05) is 30.2 Å². The highest BCUT2D eigenvalue weighted by molar-refractivity contribution is 5.96. The van der Waals surface area contributed by atoms with E-state index in [1.807, 2.05) is 48.5 Å². The van der Waals surface area contributed by atoms with E-state index in [9.17, 15) is 13.2 Å². The molecule has 1 N–H and O–H groups in total. The number of rotatable bonds is 6. The van der Waals surface area contributed by atoms with Gasteiger partial charge in [-0.1, -0.05) is 48.5 Å². The fourth-order valence-electron chi connectivity index (χ4n) is 3.70. The van der Waals surface area contributed by atoms with Crippen molar-refractivity contribution in [3.63, 3.8) is 0 Å². The molecule has 4 rings (SSSR count). The van der Waals surface area contributed by atoms with E-state index in [0.717, 1.165) is 34.1 Å². The summed E-state index contributed by atoms with van der Waals surface area (Å²) in [6.45, 7) is 1.25. The number of methoxy groups -OCH3 is 1. The zero-order chi connectivity index (χ0) is 21.8. The average molecular weight is 422 g/mol. The number of nitrogens with zero attached hydrogens (tertiary/aromatic N) is 1. The third-order valence-corrected chi connectivity index (χ3v) is 5.15. The lowest BCUT2D eigenvalue weighted by molar-refractivity contribution is -0.136. The SMILES string of the molecule is COc1ccccc1CNCc1cccc(-c2ccnc3c(C(F)(F)F)cccc23)c1. The van der Waals surface area contributed by atoms with Gasteiger partial charge in [-0.2, -0.15) is 13.2 Å². The molecule has 3 aromatic carbocycles. The Balaban J connectivity index is 1.59. The summed E-state index contributed by atoms with van der Waals surface area (Å²) < 4.78 is 45.6. The largest absolute Gasteiger partial charge is 0.496 e. The van der Waals surface area contributed by atoms with E-state index >= 15 is 0 Å².